The fourth-order valence-corrected chi connectivity index (χ4v) is 4.26. The summed E-state index contributed by atoms with van der Waals surface area (Å²) in [5.41, 5.74) is 1.58. The largest absolute Gasteiger partial charge is 0.507 e. The first-order valence-electron chi connectivity index (χ1n) is 11.0. The number of aromatic hydroxyl groups is 1. The van der Waals surface area contributed by atoms with Crippen molar-refractivity contribution in [1.29, 1.82) is 0 Å². The quantitative estimate of drug-likeness (QED) is 0.263. The van der Waals surface area contributed by atoms with Gasteiger partial charge in [-0.15, -0.1) is 10.2 Å². The van der Waals surface area contributed by atoms with Gasteiger partial charge < -0.3 is 19.9 Å². The van der Waals surface area contributed by atoms with Crippen LogP contribution in [0.5, 0.6) is 5.75 Å². The zero-order valence-corrected chi connectivity index (χ0v) is 20.7. The number of methoxy groups -OCH3 is 2. The number of amides is 1. The van der Waals surface area contributed by atoms with Gasteiger partial charge in [-0.3, -0.25) is 9.36 Å². The number of benzene rings is 3. The third-order valence-electron chi connectivity index (χ3n) is 5.25. The molecule has 0 unspecified atom stereocenters. The van der Waals surface area contributed by atoms with Crippen molar-refractivity contribution in [3.05, 3.63) is 83.9 Å². The second-order valence-corrected chi connectivity index (χ2v) is 8.52. The smallest absolute Gasteiger partial charge is 0.339 e. The normalized spacial score (nSPS) is 10.5. The van der Waals surface area contributed by atoms with Crippen molar-refractivity contribution in [1.82, 2.24) is 14.8 Å². The number of nitrogens with zero attached hydrogens (tertiary/aromatic N) is 3. The highest BCUT2D eigenvalue weighted by Crippen LogP contribution is 2.32. The van der Waals surface area contributed by atoms with Crippen LogP contribution in [0.3, 0.4) is 0 Å². The standard InChI is InChI=1S/C26H22N4O6S/c1-35-24(33)16-12-13-18(25(34)36-2)20(14-16)27-22(32)15-37-26-29-28-23(19-10-6-7-11-21(19)31)30(26)17-8-4-3-5-9-17/h3-14,31H,15H2,1-2H3,(H,27,32). The number of carbonyl (C=O) groups excluding carboxylic acids is 3. The van der Waals surface area contributed by atoms with Gasteiger partial charge in [0.05, 0.1) is 42.4 Å². The number of hydrogen-bond acceptors (Lipinski definition) is 9. The van der Waals surface area contributed by atoms with Crippen LogP contribution < -0.4 is 5.32 Å². The molecule has 0 fully saturated rings. The third-order valence-corrected chi connectivity index (χ3v) is 6.17. The Bertz CT molecular complexity index is 1450. The van der Waals surface area contributed by atoms with Gasteiger partial charge in [0.2, 0.25) is 5.91 Å². The zero-order valence-electron chi connectivity index (χ0n) is 19.9. The van der Waals surface area contributed by atoms with E-state index in [1.54, 1.807) is 28.8 Å². The Hall–Kier alpha value is -4.64. The fraction of sp³-hybridized carbons (Fsp3) is 0.115. The van der Waals surface area contributed by atoms with Crippen LogP contribution in [-0.2, 0) is 14.3 Å². The summed E-state index contributed by atoms with van der Waals surface area (Å²) in [6.07, 6.45) is 0. The predicted molar refractivity (Wildman–Crippen MR) is 137 cm³/mol. The number of para-hydroxylation sites is 2. The minimum absolute atomic E-state index is 0.0437. The van der Waals surface area contributed by atoms with E-state index < -0.39 is 17.8 Å². The SMILES string of the molecule is COC(=O)c1ccc(C(=O)OC)c(NC(=O)CSc2nnc(-c3ccccc3O)n2-c2ccccc2)c1. The summed E-state index contributed by atoms with van der Waals surface area (Å²) >= 11 is 1.11. The van der Waals surface area contributed by atoms with Gasteiger partial charge >= 0.3 is 11.9 Å². The van der Waals surface area contributed by atoms with E-state index in [4.69, 9.17) is 9.47 Å². The van der Waals surface area contributed by atoms with Gasteiger partial charge in [-0.05, 0) is 42.5 Å². The van der Waals surface area contributed by atoms with Crippen LogP contribution in [0.2, 0.25) is 0 Å². The van der Waals surface area contributed by atoms with Gasteiger partial charge in [0.25, 0.3) is 0 Å². The molecule has 0 saturated heterocycles. The molecule has 0 radical (unpaired) electrons. The first-order valence-corrected chi connectivity index (χ1v) is 11.9. The van der Waals surface area contributed by atoms with E-state index in [-0.39, 0.29) is 28.3 Å². The molecule has 0 aliphatic rings. The van der Waals surface area contributed by atoms with Crippen LogP contribution in [0, 0.1) is 0 Å². The molecule has 1 heterocycles. The highest BCUT2D eigenvalue weighted by Gasteiger charge is 2.21. The number of phenols is 1. The molecule has 4 aromatic rings. The molecular formula is C26H22N4O6S. The molecule has 0 atom stereocenters. The molecule has 3 aromatic carbocycles. The second kappa shape index (κ2) is 11.4. The van der Waals surface area contributed by atoms with E-state index in [1.165, 1.54) is 32.4 Å². The Kier molecular flexibility index (Phi) is 7.84. The van der Waals surface area contributed by atoms with Gasteiger partial charge in [0.15, 0.2) is 11.0 Å². The zero-order chi connectivity index (χ0) is 26.4. The number of rotatable bonds is 8. The van der Waals surface area contributed by atoms with Crippen molar-refractivity contribution in [2.75, 3.05) is 25.3 Å². The summed E-state index contributed by atoms with van der Waals surface area (Å²) in [4.78, 5) is 37.0. The Morgan fingerprint density at radius 2 is 1.62 bits per heavy atom. The van der Waals surface area contributed by atoms with Gasteiger partial charge in [0, 0.05) is 5.69 Å². The van der Waals surface area contributed by atoms with E-state index in [0.717, 1.165) is 17.4 Å². The summed E-state index contributed by atoms with van der Waals surface area (Å²) in [6.45, 7) is 0. The molecule has 1 aromatic heterocycles. The van der Waals surface area contributed by atoms with Crippen molar-refractivity contribution in [2.45, 2.75) is 5.16 Å². The number of anilines is 1. The number of phenolic OH excluding ortho intramolecular Hbond substituents is 1. The molecule has 2 N–H and O–H groups in total. The van der Waals surface area contributed by atoms with Gasteiger partial charge in [-0.2, -0.15) is 0 Å². The molecular weight excluding hydrogens is 496 g/mol. The first kappa shape index (κ1) is 25.5. The van der Waals surface area contributed by atoms with Crippen LogP contribution in [0.1, 0.15) is 20.7 Å². The van der Waals surface area contributed by atoms with E-state index in [9.17, 15) is 19.5 Å². The molecule has 188 valence electrons. The van der Waals surface area contributed by atoms with E-state index in [1.807, 2.05) is 30.3 Å². The lowest BCUT2D eigenvalue weighted by Gasteiger charge is -2.12. The van der Waals surface area contributed by atoms with Crippen LogP contribution in [0.4, 0.5) is 5.69 Å². The van der Waals surface area contributed by atoms with Crippen molar-refractivity contribution < 1.29 is 29.0 Å². The maximum atomic E-state index is 12.9. The minimum atomic E-state index is -0.671. The molecule has 37 heavy (non-hydrogen) atoms. The van der Waals surface area contributed by atoms with Gasteiger partial charge in [-0.25, -0.2) is 9.59 Å². The van der Waals surface area contributed by atoms with Crippen LogP contribution >= 0.6 is 11.8 Å². The topological polar surface area (TPSA) is 133 Å². The summed E-state index contributed by atoms with van der Waals surface area (Å²) in [6, 6.07) is 20.2. The Labute approximate surface area is 216 Å². The molecule has 4 rings (SSSR count). The lowest BCUT2D eigenvalue weighted by Crippen LogP contribution is -2.18. The maximum absolute atomic E-state index is 12.9. The van der Waals surface area contributed by atoms with Gasteiger partial charge in [-0.1, -0.05) is 42.1 Å². The van der Waals surface area contributed by atoms with Crippen LogP contribution in [0.15, 0.2) is 78.0 Å². The minimum Gasteiger partial charge on any atom is -0.507 e. The Morgan fingerprint density at radius 3 is 2.32 bits per heavy atom. The number of nitrogens with one attached hydrogen (secondary N) is 1. The number of ether oxygens (including phenoxy) is 2. The second-order valence-electron chi connectivity index (χ2n) is 7.57. The van der Waals surface area contributed by atoms with Crippen molar-refractivity contribution >= 4 is 35.3 Å². The lowest BCUT2D eigenvalue weighted by molar-refractivity contribution is -0.113. The molecule has 0 aliphatic carbocycles. The lowest BCUT2D eigenvalue weighted by atomic mass is 10.1. The summed E-state index contributed by atoms with van der Waals surface area (Å²) in [5.74, 6) is -1.38. The van der Waals surface area contributed by atoms with E-state index >= 15 is 0 Å². The molecule has 0 saturated carbocycles. The number of aromatic nitrogens is 3. The summed E-state index contributed by atoms with van der Waals surface area (Å²) in [5, 5.41) is 22.0. The summed E-state index contributed by atoms with van der Waals surface area (Å²) in [7, 11) is 2.45. The van der Waals surface area contributed by atoms with E-state index in [2.05, 4.69) is 15.5 Å². The first-order chi connectivity index (χ1) is 17.9. The molecule has 0 spiro atoms. The third kappa shape index (κ3) is 5.62. The Morgan fingerprint density at radius 1 is 0.919 bits per heavy atom. The maximum Gasteiger partial charge on any atom is 0.339 e. The molecule has 0 bridgehead atoms. The number of carbonyl (C=O) groups is 3. The van der Waals surface area contributed by atoms with E-state index in [0.29, 0.717) is 16.5 Å². The van der Waals surface area contributed by atoms with Crippen LogP contribution in [-0.4, -0.2) is 57.7 Å². The number of thioether (sulfide) groups is 1. The highest BCUT2D eigenvalue weighted by molar-refractivity contribution is 7.99. The average molecular weight is 519 g/mol. The number of esters is 2. The van der Waals surface area contributed by atoms with Crippen molar-refractivity contribution in [3.63, 3.8) is 0 Å². The molecule has 0 aliphatic heterocycles. The van der Waals surface area contributed by atoms with Crippen LogP contribution in [0.25, 0.3) is 17.1 Å². The molecule has 11 heteroatoms. The van der Waals surface area contributed by atoms with Gasteiger partial charge in [0.1, 0.15) is 5.75 Å². The number of hydrogen-bond donors (Lipinski definition) is 2. The highest BCUT2D eigenvalue weighted by atomic mass is 32.2. The average Bonchev–Trinajstić information content (AvgIpc) is 3.35. The Balaban J connectivity index is 1.61. The molecule has 10 nitrogen and oxygen atoms in total. The molecule has 1 amide bonds. The monoisotopic (exact) mass is 518 g/mol. The fourth-order valence-electron chi connectivity index (χ4n) is 3.51. The van der Waals surface area contributed by atoms with Crippen molar-refractivity contribution in [3.8, 4) is 22.8 Å². The van der Waals surface area contributed by atoms with Crippen molar-refractivity contribution in [2.24, 2.45) is 0 Å². The summed E-state index contributed by atoms with van der Waals surface area (Å²) < 4.78 is 11.2. The predicted octanol–water partition coefficient (Wildman–Crippen LogP) is 3.94.